The number of nitrogens with one attached hydrogen (secondary N) is 2. The monoisotopic (exact) mass is 241 g/mol. The zero-order chi connectivity index (χ0) is 12.8. The molecule has 5 nitrogen and oxygen atoms in total. The molecule has 90 valence electrons. The van der Waals surface area contributed by atoms with Gasteiger partial charge in [-0.15, -0.1) is 0 Å². The van der Waals surface area contributed by atoms with Gasteiger partial charge in [-0.25, -0.2) is 0 Å². The number of anilines is 2. The first-order valence-electron chi connectivity index (χ1n) is 5.31. The summed E-state index contributed by atoms with van der Waals surface area (Å²) in [6.45, 7) is 0. The van der Waals surface area contributed by atoms with Crippen molar-refractivity contribution in [2.75, 3.05) is 10.6 Å². The number of aromatic nitrogens is 1. The van der Waals surface area contributed by atoms with Crippen molar-refractivity contribution in [1.82, 2.24) is 4.98 Å². The molecule has 2 amide bonds. The summed E-state index contributed by atoms with van der Waals surface area (Å²) in [5, 5.41) is 5.24. The molecule has 1 aromatic carbocycles. The number of benzene rings is 1. The fraction of sp³-hybridized carbons (Fsp3) is 0. The van der Waals surface area contributed by atoms with Gasteiger partial charge in [-0.3, -0.25) is 14.6 Å². The normalized spacial score (nSPS) is 9.56. The highest BCUT2D eigenvalue weighted by molar-refractivity contribution is 6.04. The van der Waals surface area contributed by atoms with Crippen molar-refractivity contribution in [3.8, 4) is 0 Å². The van der Waals surface area contributed by atoms with Crippen molar-refractivity contribution in [1.29, 1.82) is 0 Å². The quantitative estimate of drug-likeness (QED) is 0.803. The molecule has 0 radical (unpaired) electrons. The molecule has 18 heavy (non-hydrogen) atoms. The minimum absolute atomic E-state index is 0.244. The molecule has 0 bridgehead atoms. The van der Waals surface area contributed by atoms with E-state index in [1.165, 1.54) is 6.20 Å². The Morgan fingerprint density at radius 3 is 2.72 bits per heavy atom. The highest BCUT2D eigenvalue weighted by atomic mass is 16.1. The van der Waals surface area contributed by atoms with E-state index >= 15 is 0 Å². The molecule has 2 N–H and O–H groups in total. The maximum Gasteiger partial charge on any atom is 0.257 e. The summed E-state index contributed by atoms with van der Waals surface area (Å²) in [5.74, 6) is -0.244. The molecular formula is C13H11N3O2. The first-order chi connectivity index (χ1) is 8.79. The lowest BCUT2D eigenvalue weighted by atomic mass is 10.2. The second-order valence-electron chi connectivity index (χ2n) is 3.54. The maximum absolute atomic E-state index is 11.8. The lowest BCUT2D eigenvalue weighted by Gasteiger charge is -2.06. The summed E-state index contributed by atoms with van der Waals surface area (Å²) < 4.78 is 0. The summed E-state index contributed by atoms with van der Waals surface area (Å²) in [7, 11) is 0. The third-order valence-corrected chi connectivity index (χ3v) is 2.27. The van der Waals surface area contributed by atoms with Gasteiger partial charge in [0.1, 0.15) is 0 Å². The van der Waals surface area contributed by atoms with E-state index < -0.39 is 0 Å². The molecule has 0 aliphatic carbocycles. The molecule has 0 saturated heterocycles. The van der Waals surface area contributed by atoms with Crippen LogP contribution in [0, 0.1) is 0 Å². The highest BCUT2D eigenvalue weighted by Gasteiger charge is 2.05. The molecule has 1 heterocycles. The molecule has 0 fully saturated rings. The van der Waals surface area contributed by atoms with Gasteiger partial charge in [0.2, 0.25) is 6.41 Å². The lowest BCUT2D eigenvalue weighted by Crippen LogP contribution is -2.12. The van der Waals surface area contributed by atoms with Crippen molar-refractivity contribution >= 4 is 23.7 Å². The van der Waals surface area contributed by atoms with E-state index in [2.05, 4.69) is 15.6 Å². The van der Waals surface area contributed by atoms with Crippen LogP contribution in [0.3, 0.4) is 0 Å². The van der Waals surface area contributed by atoms with E-state index in [4.69, 9.17) is 0 Å². The Kier molecular flexibility index (Phi) is 3.66. The van der Waals surface area contributed by atoms with Gasteiger partial charge in [-0.1, -0.05) is 6.07 Å². The highest BCUT2D eigenvalue weighted by Crippen LogP contribution is 2.15. The first-order valence-corrected chi connectivity index (χ1v) is 5.31. The number of hydrogen-bond acceptors (Lipinski definition) is 3. The van der Waals surface area contributed by atoms with Crippen molar-refractivity contribution in [2.45, 2.75) is 0 Å². The van der Waals surface area contributed by atoms with Crippen LogP contribution in [0.4, 0.5) is 11.4 Å². The van der Waals surface area contributed by atoms with Crippen molar-refractivity contribution in [2.24, 2.45) is 0 Å². The van der Waals surface area contributed by atoms with Gasteiger partial charge in [0.05, 0.1) is 5.56 Å². The predicted molar refractivity (Wildman–Crippen MR) is 68.3 cm³/mol. The van der Waals surface area contributed by atoms with Crippen molar-refractivity contribution < 1.29 is 9.59 Å². The summed E-state index contributed by atoms with van der Waals surface area (Å²) in [4.78, 5) is 26.0. The van der Waals surface area contributed by atoms with Gasteiger partial charge in [-0.05, 0) is 30.3 Å². The molecule has 2 rings (SSSR count). The Morgan fingerprint density at radius 2 is 2.00 bits per heavy atom. The van der Waals surface area contributed by atoms with Crippen LogP contribution < -0.4 is 10.6 Å². The summed E-state index contributed by atoms with van der Waals surface area (Å²) in [6.07, 6.45) is 3.68. The van der Waals surface area contributed by atoms with Gasteiger partial charge in [0.25, 0.3) is 5.91 Å². The van der Waals surface area contributed by atoms with Gasteiger partial charge in [0, 0.05) is 23.8 Å². The zero-order valence-corrected chi connectivity index (χ0v) is 9.46. The minimum Gasteiger partial charge on any atom is -0.329 e. The Balaban J connectivity index is 2.12. The largest absolute Gasteiger partial charge is 0.329 e. The van der Waals surface area contributed by atoms with Crippen LogP contribution in [-0.2, 0) is 4.79 Å². The van der Waals surface area contributed by atoms with E-state index in [-0.39, 0.29) is 5.91 Å². The van der Waals surface area contributed by atoms with Crippen LogP contribution in [0.25, 0.3) is 0 Å². The van der Waals surface area contributed by atoms with Gasteiger partial charge in [-0.2, -0.15) is 0 Å². The molecule has 0 unspecified atom stereocenters. The Bertz CT molecular complexity index is 555. The van der Waals surface area contributed by atoms with Gasteiger partial charge < -0.3 is 10.6 Å². The summed E-state index contributed by atoms with van der Waals surface area (Å²) in [5.41, 5.74) is 1.70. The SMILES string of the molecule is O=CNc1cccc(NC(=O)c2cccnc2)c1. The second kappa shape index (κ2) is 5.58. The zero-order valence-electron chi connectivity index (χ0n) is 9.46. The van der Waals surface area contributed by atoms with Crippen LogP contribution >= 0.6 is 0 Å². The smallest absolute Gasteiger partial charge is 0.257 e. The van der Waals surface area contributed by atoms with Crippen LogP contribution in [0.1, 0.15) is 10.4 Å². The van der Waals surface area contributed by atoms with Crippen molar-refractivity contribution in [3.63, 3.8) is 0 Å². The van der Waals surface area contributed by atoms with Gasteiger partial charge in [0.15, 0.2) is 0 Å². The standard InChI is InChI=1S/C13H11N3O2/c17-9-15-11-4-1-5-12(7-11)16-13(18)10-3-2-6-14-8-10/h1-9H,(H,15,17)(H,16,18). The average Bonchev–Trinajstić information content (AvgIpc) is 2.40. The van der Waals surface area contributed by atoms with E-state index in [0.717, 1.165) is 0 Å². The second-order valence-corrected chi connectivity index (χ2v) is 3.54. The average molecular weight is 241 g/mol. The number of pyridine rings is 1. The molecule has 0 aliphatic rings. The minimum atomic E-state index is -0.244. The number of carbonyl (C=O) groups is 2. The molecule has 0 spiro atoms. The number of rotatable bonds is 4. The molecular weight excluding hydrogens is 230 g/mol. The van der Waals surface area contributed by atoms with Crippen LogP contribution in [0.15, 0.2) is 48.8 Å². The fourth-order valence-electron chi connectivity index (χ4n) is 1.46. The Labute approximate surface area is 104 Å². The van der Waals surface area contributed by atoms with Crippen LogP contribution in [0.5, 0.6) is 0 Å². The van der Waals surface area contributed by atoms with Crippen LogP contribution in [-0.4, -0.2) is 17.3 Å². The summed E-state index contributed by atoms with van der Waals surface area (Å²) in [6, 6.07) is 10.3. The van der Waals surface area contributed by atoms with Crippen LogP contribution in [0.2, 0.25) is 0 Å². The number of amides is 2. The van der Waals surface area contributed by atoms with E-state index in [1.807, 2.05) is 0 Å². The third-order valence-electron chi connectivity index (χ3n) is 2.27. The third kappa shape index (κ3) is 2.91. The Morgan fingerprint density at radius 1 is 1.17 bits per heavy atom. The summed E-state index contributed by atoms with van der Waals surface area (Å²) >= 11 is 0. The van der Waals surface area contributed by atoms with E-state index in [1.54, 1.807) is 42.6 Å². The fourth-order valence-corrected chi connectivity index (χ4v) is 1.46. The lowest BCUT2D eigenvalue weighted by molar-refractivity contribution is -0.105. The maximum atomic E-state index is 11.8. The van der Waals surface area contributed by atoms with E-state index in [9.17, 15) is 9.59 Å². The van der Waals surface area contributed by atoms with Crippen molar-refractivity contribution in [3.05, 3.63) is 54.4 Å². The number of carbonyl (C=O) groups excluding carboxylic acids is 2. The molecule has 2 aromatic rings. The molecule has 0 aliphatic heterocycles. The molecule has 1 aromatic heterocycles. The van der Waals surface area contributed by atoms with Gasteiger partial charge >= 0.3 is 0 Å². The molecule has 5 heteroatoms. The molecule has 0 atom stereocenters. The van der Waals surface area contributed by atoms with E-state index in [0.29, 0.717) is 23.3 Å². The molecule has 0 saturated carbocycles. The number of nitrogens with zero attached hydrogens (tertiary/aromatic N) is 1. The predicted octanol–water partition coefficient (Wildman–Crippen LogP) is 1.90. The number of hydrogen-bond donors (Lipinski definition) is 2. The topological polar surface area (TPSA) is 71.1 Å². The Hall–Kier alpha value is -2.69. The first kappa shape index (κ1) is 11.8.